The zero-order chi connectivity index (χ0) is 14.7. The van der Waals surface area contributed by atoms with Crippen LogP contribution in [0, 0.1) is 0 Å². The van der Waals surface area contributed by atoms with Crippen LogP contribution in [-0.2, 0) is 22.6 Å². The van der Waals surface area contributed by atoms with Gasteiger partial charge in [0.15, 0.2) is 0 Å². The Hall–Kier alpha value is -1.56. The molecule has 0 atom stereocenters. The van der Waals surface area contributed by atoms with Crippen LogP contribution in [-0.4, -0.2) is 49.5 Å². The summed E-state index contributed by atoms with van der Waals surface area (Å²) in [5.74, 6) is 0. The van der Waals surface area contributed by atoms with E-state index in [1.54, 1.807) is 7.11 Å². The molecule has 0 aliphatic carbocycles. The van der Waals surface area contributed by atoms with Crippen LogP contribution in [0.15, 0.2) is 24.4 Å². The Kier molecular flexibility index (Phi) is 4.43. The van der Waals surface area contributed by atoms with Crippen molar-refractivity contribution in [1.29, 1.82) is 0 Å². The average molecular weight is 289 g/mol. The van der Waals surface area contributed by atoms with E-state index in [4.69, 9.17) is 15.2 Å². The van der Waals surface area contributed by atoms with E-state index in [0.717, 1.165) is 45.1 Å². The molecule has 1 aliphatic heterocycles. The molecule has 0 amide bonds. The molecule has 0 unspecified atom stereocenters. The van der Waals surface area contributed by atoms with Gasteiger partial charge in [-0.3, -0.25) is 4.90 Å². The molecule has 0 spiro atoms. The summed E-state index contributed by atoms with van der Waals surface area (Å²) < 4.78 is 12.9. The van der Waals surface area contributed by atoms with Gasteiger partial charge in [-0.05, 0) is 17.7 Å². The highest BCUT2D eigenvalue weighted by Gasteiger charge is 2.15. The summed E-state index contributed by atoms with van der Waals surface area (Å²) in [5, 5.41) is 1.28. The molecule has 1 aliphatic rings. The lowest BCUT2D eigenvalue weighted by molar-refractivity contribution is 0.0343. The number of nitrogens with two attached hydrogens (primary N) is 1. The molecule has 114 valence electrons. The molecule has 1 saturated heterocycles. The third kappa shape index (κ3) is 3.20. The van der Waals surface area contributed by atoms with Crippen LogP contribution in [0.25, 0.3) is 10.9 Å². The first-order valence-corrected chi connectivity index (χ1v) is 7.44. The Morgan fingerprint density at radius 2 is 2.10 bits per heavy atom. The number of nitrogens with zero attached hydrogens (tertiary/aromatic N) is 2. The number of anilines is 1. The molecule has 0 saturated carbocycles. The Labute approximate surface area is 125 Å². The first-order valence-electron chi connectivity index (χ1n) is 7.44. The fourth-order valence-electron chi connectivity index (χ4n) is 2.89. The van der Waals surface area contributed by atoms with Crippen LogP contribution in [0.2, 0.25) is 0 Å². The fourth-order valence-corrected chi connectivity index (χ4v) is 2.89. The molecule has 1 aromatic carbocycles. The lowest BCUT2D eigenvalue weighted by atomic mass is 10.1. The minimum atomic E-state index is 0.704. The van der Waals surface area contributed by atoms with Crippen molar-refractivity contribution in [3.8, 4) is 0 Å². The maximum absolute atomic E-state index is 5.94. The molecule has 2 heterocycles. The van der Waals surface area contributed by atoms with Crippen molar-refractivity contribution in [3.63, 3.8) is 0 Å². The van der Waals surface area contributed by atoms with Crippen molar-refractivity contribution >= 4 is 16.6 Å². The molecule has 21 heavy (non-hydrogen) atoms. The van der Waals surface area contributed by atoms with Crippen LogP contribution < -0.4 is 5.73 Å². The van der Waals surface area contributed by atoms with E-state index in [1.807, 2.05) is 12.1 Å². The molecular formula is C16H23N3O2. The predicted molar refractivity (Wildman–Crippen MR) is 84.3 cm³/mol. The van der Waals surface area contributed by atoms with E-state index in [1.165, 1.54) is 16.5 Å². The Balaban J connectivity index is 1.89. The van der Waals surface area contributed by atoms with Crippen molar-refractivity contribution < 1.29 is 9.47 Å². The number of hydrogen-bond acceptors (Lipinski definition) is 4. The van der Waals surface area contributed by atoms with Gasteiger partial charge >= 0.3 is 0 Å². The highest BCUT2D eigenvalue weighted by molar-refractivity contribution is 5.86. The van der Waals surface area contributed by atoms with Crippen LogP contribution in [0.1, 0.15) is 5.56 Å². The monoisotopic (exact) mass is 289 g/mol. The van der Waals surface area contributed by atoms with Gasteiger partial charge in [0.05, 0.1) is 25.3 Å². The molecule has 5 heteroatoms. The highest BCUT2D eigenvalue weighted by Crippen LogP contribution is 2.25. The summed E-state index contributed by atoms with van der Waals surface area (Å²) in [4.78, 5) is 2.44. The molecule has 2 aromatic rings. The van der Waals surface area contributed by atoms with Crippen molar-refractivity contribution in [1.82, 2.24) is 9.47 Å². The SMILES string of the molecule is COCCn1cc(CN2CCOCC2)c2ccc(N)cc21. The highest BCUT2D eigenvalue weighted by atomic mass is 16.5. The number of nitrogen functional groups attached to an aromatic ring is 1. The molecule has 5 nitrogen and oxygen atoms in total. The van der Waals surface area contributed by atoms with Gasteiger partial charge in [-0.2, -0.15) is 0 Å². The molecule has 1 fully saturated rings. The van der Waals surface area contributed by atoms with E-state index >= 15 is 0 Å². The zero-order valence-electron chi connectivity index (χ0n) is 12.5. The number of hydrogen-bond donors (Lipinski definition) is 1. The van der Waals surface area contributed by atoms with E-state index in [9.17, 15) is 0 Å². The number of aromatic nitrogens is 1. The van der Waals surface area contributed by atoms with Crippen LogP contribution >= 0.6 is 0 Å². The van der Waals surface area contributed by atoms with E-state index in [2.05, 4.69) is 21.7 Å². The normalized spacial score (nSPS) is 16.6. The Morgan fingerprint density at radius 1 is 1.29 bits per heavy atom. The van der Waals surface area contributed by atoms with Gasteiger partial charge in [-0.1, -0.05) is 6.07 Å². The van der Waals surface area contributed by atoms with Gasteiger partial charge < -0.3 is 19.8 Å². The zero-order valence-corrected chi connectivity index (χ0v) is 12.5. The van der Waals surface area contributed by atoms with Crippen LogP contribution in [0.3, 0.4) is 0 Å². The maximum Gasteiger partial charge on any atom is 0.0641 e. The quantitative estimate of drug-likeness (QED) is 0.851. The lowest BCUT2D eigenvalue weighted by Gasteiger charge is -2.26. The van der Waals surface area contributed by atoms with Crippen molar-refractivity contribution in [2.75, 3.05) is 45.8 Å². The number of rotatable bonds is 5. The predicted octanol–water partition coefficient (Wildman–Crippen LogP) is 1.70. The number of fused-ring (bicyclic) bond motifs is 1. The average Bonchev–Trinajstić information content (AvgIpc) is 2.83. The second-order valence-corrected chi connectivity index (χ2v) is 5.51. The van der Waals surface area contributed by atoms with Crippen LogP contribution in [0.4, 0.5) is 5.69 Å². The second-order valence-electron chi connectivity index (χ2n) is 5.51. The lowest BCUT2D eigenvalue weighted by Crippen LogP contribution is -2.35. The van der Waals surface area contributed by atoms with Crippen molar-refractivity contribution in [2.24, 2.45) is 0 Å². The van der Waals surface area contributed by atoms with Gasteiger partial charge in [0.25, 0.3) is 0 Å². The van der Waals surface area contributed by atoms with E-state index < -0.39 is 0 Å². The number of methoxy groups -OCH3 is 1. The summed E-state index contributed by atoms with van der Waals surface area (Å²) in [5.41, 5.74) is 9.29. The van der Waals surface area contributed by atoms with Crippen LogP contribution in [0.5, 0.6) is 0 Å². The Morgan fingerprint density at radius 3 is 2.86 bits per heavy atom. The fraction of sp³-hybridized carbons (Fsp3) is 0.500. The summed E-state index contributed by atoms with van der Waals surface area (Å²) in [6.07, 6.45) is 2.23. The largest absolute Gasteiger partial charge is 0.399 e. The third-order valence-corrected chi connectivity index (χ3v) is 4.02. The van der Waals surface area contributed by atoms with E-state index in [-0.39, 0.29) is 0 Å². The summed E-state index contributed by atoms with van der Waals surface area (Å²) >= 11 is 0. The second kappa shape index (κ2) is 6.47. The first-order chi connectivity index (χ1) is 10.3. The number of ether oxygens (including phenoxy) is 2. The molecule has 0 bridgehead atoms. The van der Waals surface area contributed by atoms with Gasteiger partial charge in [-0.15, -0.1) is 0 Å². The van der Waals surface area contributed by atoms with Crippen molar-refractivity contribution in [2.45, 2.75) is 13.1 Å². The molecular weight excluding hydrogens is 266 g/mol. The van der Waals surface area contributed by atoms with Crippen molar-refractivity contribution in [3.05, 3.63) is 30.0 Å². The smallest absolute Gasteiger partial charge is 0.0641 e. The van der Waals surface area contributed by atoms with Gasteiger partial charge in [-0.25, -0.2) is 0 Å². The molecule has 2 N–H and O–H groups in total. The topological polar surface area (TPSA) is 52.6 Å². The number of benzene rings is 1. The van der Waals surface area contributed by atoms with Gasteiger partial charge in [0.1, 0.15) is 0 Å². The standard InChI is InChI=1S/C16H23N3O2/c1-20-7-6-19-12-13(11-18-4-8-21-9-5-18)15-3-2-14(17)10-16(15)19/h2-3,10,12H,4-9,11,17H2,1H3. The Bertz CT molecular complexity index is 603. The minimum Gasteiger partial charge on any atom is -0.399 e. The molecule has 0 radical (unpaired) electrons. The summed E-state index contributed by atoms with van der Waals surface area (Å²) in [6, 6.07) is 6.16. The summed E-state index contributed by atoms with van der Waals surface area (Å²) in [7, 11) is 1.73. The summed E-state index contributed by atoms with van der Waals surface area (Å²) in [6.45, 7) is 6.17. The minimum absolute atomic E-state index is 0.704. The van der Waals surface area contributed by atoms with E-state index in [0.29, 0.717) is 6.61 Å². The number of morpholine rings is 1. The maximum atomic E-state index is 5.94. The van der Waals surface area contributed by atoms with Gasteiger partial charge in [0, 0.05) is 50.6 Å². The first kappa shape index (κ1) is 14.4. The third-order valence-electron chi connectivity index (χ3n) is 4.02. The molecule has 3 rings (SSSR count). The van der Waals surface area contributed by atoms with Gasteiger partial charge in [0.2, 0.25) is 0 Å². The molecule has 1 aromatic heterocycles.